The summed E-state index contributed by atoms with van der Waals surface area (Å²) in [5, 5.41) is 0. The lowest BCUT2D eigenvalue weighted by Crippen LogP contribution is -2.59. The van der Waals surface area contributed by atoms with Gasteiger partial charge in [0.25, 0.3) is 0 Å². The Hall–Kier alpha value is -2.22. The average molecular weight is 377 g/mol. The maximum Gasteiger partial charge on any atom is 0.123 e. The van der Waals surface area contributed by atoms with Gasteiger partial charge in [-0.25, -0.2) is 0 Å². The Labute approximate surface area is 171 Å². The van der Waals surface area contributed by atoms with Gasteiger partial charge in [-0.2, -0.15) is 0 Å². The third kappa shape index (κ3) is 4.11. The number of hydrogen-bond donors (Lipinski definition) is 0. The number of rotatable bonds is 10. The van der Waals surface area contributed by atoms with Crippen LogP contribution in [0.2, 0.25) is 0 Å². The first-order valence-electron chi connectivity index (χ1n) is 11.1. The van der Waals surface area contributed by atoms with Crippen LogP contribution in [0.15, 0.2) is 73.1 Å². The third-order valence-corrected chi connectivity index (χ3v) is 6.11. The average Bonchev–Trinajstić information content (AvgIpc) is 3.06. The Kier molecular flexibility index (Phi) is 7.19. The zero-order chi connectivity index (χ0) is 19.8. The summed E-state index contributed by atoms with van der Waals surface area (Å²) in [6, 6.07) is 22.2. The van der Waals surface area contributed by atoms with Crippen molar-refractivity contribution in [3.8, 4) is 0 Å². The Morgan fingerprint density at radius 2 is 1.36 bits per heavy atom. The van der Waals surface area contributed by atoms with Crippen molar-refractivity contribution in [1.29, 1.82) is 0 Å². The molecule has 0 saturated carbocycles. The highest BCUT2D eigenvalue weighted by Gasteiger charge is 2.48. The van der Waals surface area contributed by atoms with Crippen molar-refractivity contribution >= 4 is 0 Å². The van der Waals surface area contributed by atoms with Crippen molar-refractivity contribution in [3.63, 3.8) is 0 Å². The van der Waals surface area contributed by atoms with Crippen LogP contribution in [0, 0.1) is 0 Å². The van der Waals surface area contributed by atoms with Crippen LogP contribution in [0.1, 0.15) is 63.5 Å². The van der Waals surface area contributed by atoms with Crippen molar-refractivity contribution in [2.24, 2.45) is 0 Å². The van der Waals surface area contributed by atoms with Crippen LogP contribution in [0.5, 0.6) is 0 Å². The number of nitrogens with zero attached hydrogens (tertiary/aromatic N) is 2. The summed E-state index contributed by atoms with van der Waals surface area (Å²) in [6.45, 7) is 9.14. The predicted molar refractivity (Wildman–Crippen MR) is 120 cm³/mol. The molecule has 150 valence electrons. The van der Waals surface area contributed by atoms with Crippen molar-refractivity contribution in [2.45, 2.75) is 64.5 Å². The van der Waals surface area contributed by atoms with Gasteiger partial charge in [0.1, 0.15) is 5.66 Å². The topological polar surface area (TPSA) is 6.48 Å². The normalized spacial score (nSPS) is 20.0. The van der Waals surface area contributed by atoms with E-state index >= 15 is 0 Å². The van der Waals surface area contributed by atoms with Gasteiger partial charge in [-0.15, -0.1) is 0 Å². The molecule has 0 saturated heterocycles. The van der Waals surface area contributed by atoms with Crippen LogP contribution >= 0.6 is 0 Å². The van der Waals surface area contributed by atoms with E-state index in [0.717, 1.165) is 32.4 Å². The van der Waals surface area contributed by atoms with Gasteiger partial charge >= 0.3 is 0 Å². The fourth-order valence-electron chi connectivity index (χ4n) is 4.83. The molecule has 2 atom stereocenters. The Morgan fingerprint density at radius 1 is 0.750 bits per heavy atom. The number of hydrogen-bond acceptors (Lipinski definition) is 2. The molecule has 0 aromatic heterocycles. The Balaban J connectivity index is 2.09. The molecule has 28 heavy (non-hydrogen) atoms. The molecule has 0 spiro atoms. The smallest absolute Gasteiger partial charge is 0.123 e. The van der Waals surface area contributed by atoms with Crippen LogP contribution in [0.25, 0.3) is 0 Å². The van der Waals surface area contributed by atoms with E-state index in [4.69, 9.17) is 0 Å². The van der Waals surface area contributed by atoms with E-state index in [-0.39, 0.29) is 5.66 Å². The van der Waals surface area contributed by atoms with E-state index in [9.17, 15) is 0 Å². The molecule has 2 heteroatoms. The fraction of sp³-hybridized carbons (Fsp3) is 0.462. The first-order valence-corrected chi connectivity index (χ1v) is 11.1. The molecular formula is C26H36N2. The standard InChI is InChI=1S/C26H36N2/c1-4-7-19-28-21-20-27(18-5-2)26(28,22-23-14-10-8-11-15-23)25(6-3)24-16-12-9-13-17-24/h8-17,20-21,25H,4-7,18-19,22H2,1-3H3. The Morgan fingerprint density at radius 3 is 1.93 bits per heavy atom. The minimum atomic E-state index is -0.0391. The van der Waals surface area contributed by atoms with E-state index < -0.39 is 0 Å². The summed E-state index contributed by atoms with van der Waals surface area (Å²) in [5.41, 5.74) is 2.83. The SMILES string of the molecule is CCCCN1C=CN(CCC)C1(Cc1ccccc1)C(CC)c1ccccc1. The minimum Gasteiger partial charge on any atom is -0.353 e. The maximum absolute atomic E-state index is 2.65. The minimum absolute atomic E-state index is 0.0391. The molecule has 2 unspecified atom stereocenters. The van der Waals surface area contributed by atoms with Gasteiger partial charge in [0, 0.05) is 37.8 Å². The quantitative estimate of drug-likeness (QED) is 0.472. The molecule has 3 rings (SSSR count). The van der Waals surface area contributed by atoms with E-state index in [0.29, 0.717) is 5.92 Å². The second kappa shape index (κ2) is 9.82. The third-order valence-electron chi connectivity index (χ3n) is 6.11. The summed E-state index contributed by atoms with van der Waals surface area (Å²) in [6.07, 6.45) is 10.5. The molecule has 2 aromatic carbocycles. The van der Waals surface area contributed by atoms with Gasteiger partial charge in [0.05, 0.1) is 0 Å². The highest BCUT2D eigenvalue weighted by Crippen LogP contribution is 2.45. The first kappa shape index (κ1) is 20.5. The molecular weight excluding hydrogens is 340 g/mol. The Bertz CT molecular complexity index is 725. The lowest BCUT2D eigenvalue weighted by atomic mass is 9.78. The molecule has 0 N–H and O–H groups in total. The molecule has 2 aromatic rings. The molecule has 0 aliphatic carbocycles. The van der Waals surface area contributed by atoms with Gasteiger partial charge in [0.2, 0.25) is 0 Å². The van der Waals surface area contributed by atoms with Gasteiger partial charge in [0.15, 0.2) is 0 Å². The highest BCUT2D eigenvalue weighted by molar-refractivity contribution is 5.30. The lowest BCUT2D eigenvalue weighted by molar-refractivity contribution is -0.00264. The highest BCUT2D eigenvalue weighted by atomic mass is 15.4. The molecule has 1 heterocycles. The van der Waals surface area contributed by atoms with E-state index in [1.54, 1.807) is 0 Å². The maximum atomic E-state index is 2.65. The molecule has 0 bridgehead atoms. The zero-order valence-corrected chi connectivity index (χ0v) is 17.8. The van der Waals surface area contributed by atoms with E-state index in [1.165, 1.54) is 24.0 Å². The van der Waals surface area contributed by atoms with Crippen LogP contribution in [0.3, 0.4) is 0 Å². The molecule has 1 aliphatic rings. The van der Waals surface area contributed by atoms with Crippen molar-refractivity contribution in [3.05, 3.63) is 84.2 Å². The summed E-state index contributed by atoms with van der Waals surface area (Å²) < 4.78 is 0. The largest absolute Gasteiger partial charge is 0.353 e. The van der Waals surface area contributed by atoms with Gasteiger partial charge < -0.3 is 9.80 Å². The van der Waals surface area contributed by atoms with Crippen LogP contribution in [0.4, 0.5) is 0 Å². The van der Waals surface area contributed by atoms with Crippen LogP contribution in [-0.4, -0.2) is 28.6 Å². The molecule has 2 nitrogen and oxygen atoms in total. The van der Waals surface area contributed by atoms with Crippen molar-refractivity contribution in [1.82, 2.24) is 9.80 Å². The van der Waals surface area contributed by atoms with Gasteiger partial charge in [-0.1, -0.05) is 87.9 Å². The van der Waals surface area contributed by atoms with Gasteiger partial charge in [-0.3, -0.25) is 0 Å². The molecule has 1 aliphatic heterocycles. The second-order valence-electron chi connectivity index (χ2n) is 7.95. The fourth-order valence-corrected chi connectivity index (χ4v) is 4.83. The predicted octanol–water partition coefficient (Wildman–Crippen LogP) is 6.42. The monoisotopic (exact) mass is 376 g/mol. The summed E-state index contributed by atoms with van der Waals surface area (Å²) in [4.78, 5) is 5.29. The van der Waals surface area contributed by atoms with Gasteiger partial charge in [-0.05, 0) is 30.4 Å². The summed E-state index contributed by atoms with van der Waals surface area (Å²) in [5.74, 6) is 0.451. The first-order chi connectivity index (χ1) is 13.8. The van der Waals surface area contributed by atoms with Crippen LogP contribution < -0.4 is 0 Å². The van der Waals surface area contributed by atoms with E-state index in [2.05, 4.69) is 104 Å². The number of unbranched alkanes of at least 4 members (excludes halogenated alkanes) is 1. The van der Waals surface area contributed by atoms with E-state index in [1.807, 2.05) is 0 Å². The zero-order valence-electron chi connectivity index (χ0n) is 17.8. The van der Waals surface area contributed by atoms with Crippen molar-refractivity contribution < 1.29 is 0 Å². The summed E-state index contributed by atoms with van der Waals surface area (Å²) >= 11 is 0. The molecule has 0 radical (unpaired) electrons. The number of benzene rings is 2. The van der Waals surface area contributed by atoms with Crippen LogP contribution in [-0.2, 0) is 6.42 Å². The second-order valence-corrected chi connectivity index (χ2v) is 7.95. The molecule has 0 amide bonds. The summed E-state index contributed by atoms with van der Waals surface area (Å²) in [7, 11) is 0. The van der Waals surface area contributed by atoms with Crippen molar-refractivity contribution in [2.75, 3.05) is 13.1 Å². The molecule has 0 fully saturated rings. The lowest BCUT2D eigenvalue weighted by Gasteiger charge is -2.51.